The molecule has 0 bridgehead atoms. The predicted molar refractivity (Wildman–Crippen MR) is 91.0 cm³/mol. The van der Waals surface area contributed by atoms with Crippen LogP contribution in [-0.2, 0) is 16.3 Å². The molecule has 2 N–H and O–H groups in total. The molecule has 0 unspecified atom stereocenters. The van der Waals surface area contributed by atoms with Gasteiger partial charge in [-0.3, -0.25) is 4.98 Å². The molecular formula is C17H14N4O2S. The van der Waals surface area contributed by atoms with E-state index in [1.165, 1.54) is 12.4 Å². The minimum atomic E-state index is -3.53. The fourth-order valence-corrected chi connectivity index (χ4v) is 3.52. The van der Waals surface area contributed by atoms with Crippen molar-refractivity contribution >= 4 is 26.6 Å². The lowest BCUT2D eigenvalue weighted by atomic mass is 9.97. The van der Waals surface area contributed by atoms with Crippen molar-refractivity contribution < 1.29 is 8.42 Å². The van der Waals surface area contributed by atoms with Crippen LogP contribution in [0.25, 0.3) is 10.9 Å². The fourth-order valence-electron chi connectivity index (χ4n) is 2.67. The van der Waals surface area contributed by atoms with Crippen molar-refractivity contribution in [2.24, 2.45) is 0 Å². The van der Waals surface area contributed by atoms with Crippen molar-refractivity contribution in [3.63, 3.8) is 0 Å². The molecule has 3 aromatic rings. The van der Waals surface area contributed by atoms with Gasteiger partial charge in [0.1, 0.15) is 11.9 Å². The SMILES string of the molecule is CS(=O)(=O)c1cncc2nc(N)c(C#N)c(Cc3ccccc3)c12. The number of anilines is 1. The zero-order chi connectivity index (χ0) is 17.3. The van der Waals surface area contributed by atoms with Crippen molar-refractivity contribution in [1.82, 2.24) is 9.97 Å². The lowest BCUT2D eigenvalue weighted by Gasteiger charge is -2.13. The maximum Gasteiger partial charge on any atom is 0.177 e. The summed E-state index contributed by atoms with van der Waals surface area (Å²) in [5.41, 5.74) is 7.95. The molecule has 0 fully saturated rings. The number of nitrogens with zero attached hydrogens (tertiary/aromatic N) is 3. The largest absolute Gasteiger partial charge is 0.383 e. The number of fused-ring (bicyclic) bond motifs is 1. The average Bonchev–Trinajstić information content (AvgIpc) is 2.54. The molecule has 0 atom stereocenters. The van der Waals surface area contributed by atoms with Gasteiger partial charge in [-0.05, 0) is 17.5 Å². The van der Waals surface area contributed by atoms with Gasteiger partial charge >= 0.3 is 0 Å². The Balaban J connectivity index is 2.42. The number of nitriles is 1. The van der Waals surface area contributed by atoms with Gasteiger partial charge in [-0.15, -0.1) is 0 Å². The van der Waals surface area contributed by atoms with Crippen molar-refractivity contribution in [2.45, 2.75) is 11.3 Å². The molecule has 0 saturated carbocycles. The molecule has 120 valence electrons. The Hall–Kier alpha value is -2.98. The van der Waals surface area contributed by atoms with E-state index in [2.05, 4.69) is 16.0 Å². The standard InChI is InChI=1S/C17H14N4O2S/c1-24(22,23)15-10-20-9-14-16(15)12(13(8-18)17(19)21-14)7-11-5-3-2-4-6-11/h2-6,9-10H,7H2,1H3,(H2,19,21). The van der Waals surface area contributed by atoms with Crippen molar-refractivity contribution in [2.75, 3.05) is 12.0 Å². The second-order valence-electron chi connectivity index (χ2n) is 5.43. The van der Waals surface area contributed by atoms with Gasteiger partial charge in [0.2, 0.25) is 0 Å². The van der Waals surface area contributed by atoms with Gasteiger partial charge in [-0.25, -0.2) is 13.4 Å². The molecule has 7 heteroatoms. The van der Waals surface area contributed by atoms with Gasteiger partial charge in [0.25, 0.3) is 0 Å². The highest BCUT2D eigenvalue weighted by molar-refractivity contribution is 7.91. The number of hydrogen-bond acceptors (Lipinski definition) is 6. The van der Waals surface area contributed by atoms with E-state index in [9.17, 15) is 13.7 Å². The van der Waals surface area contributed by atoms with E-state index in [1.807, 2.05) is 30.3 Å². The van der Waals surface area contributed by atoms with E-state index in [4.69, 9.17) is 5.73 Å². The first-order valence-corrected chi connectivity index (χ1v) is 9.01. The van der Waals surface area contributed by atoms with E-state index >= 15 is 0 Å². The van der Waals surface area contributed by atoms with E-state index in [1.54, 1.807) is 0 Å². The molecule has 0 radical (unpaired) electrons. The van der Waals surface area contributed by atoms with Crippen LogP contribution in [0.5, 0.6) is 0 Å². The number of benzene rings is 1. The highest BCUT2D eigenvalue weighted by Crippen LogP contribution is 2.31. The fraction of sp³-hybridized carbons (Fsp3) is 0.118. The third kappa shape index (κ3) is 2.79. The van der Waals surface area contributed by atoms with Crippen LogP contribution in [-0.4, -0.2) is 24.6 Å². The zero-order valence-corrected chi connectivity index (χ0v) is 13.7. The predicted octanol–water partition coefficient (Wildman–Crippen LogP) is 2.08. The van der Waals surface area contributed by atoms with Crippen LogP contribution in [0.3, 0.4) is 0 Å². The van der Waals surface area contributed by atoms with Crippen LogP contribution in [0.2, 0.25) is 0 Å². The van der Waals surface area contributed by atoms with E-state index in [0.717, 1.165) is 11.8 Å². The lowest BCUT2D eigenvalue weighted by Crippen LogP contribution is -2.07. The molecular weight excluding hydrogens is 324 g/mol. The molecule has 2 heterocycles. The first-order valence-electron chi connectivity index (χ1n) is 7.12. The quantitative estimate of drug-likeness (QED) is 0.783. The van der Waals surface area contributed by atoms with Gasteiger partial charge in [0.15, 0.2) is 9.84 Å². The second kappa shape index (κ2) is 5.91. The number of hydrogen-bond donors (Lipinski definition) is 1. The number of nitrogens with two attached hydrogens (primary N) is 1. The van der Waals surface area contributed by atoms with Gasteiger partial charge in [-0.1, -0.05) is 30.3 Å². The molecule has 0 aliphatic rings. The summed E-state index contributed by atoms with van der Waals surface area (Å²) in [4.78, 5) is 8.15. The normalized spacial score (nSPS) is 11.3. The summed E-state index contributed by atoms with van der Waals surface area (Å²) in [7, 11) is -3.53. The third-order valence-electron chi connectivity index (χ3n) is 3.73. The highest BCUT2D eigenvalue weighted by Gasteiger charge is 2.21. The number of aromatic nitrogens is 2. The summed E-state index contributed by atoms with van der Waals surface area (Å²) in [5.74, 6) is 0.0726. The Morgan fingerprint density at radius 1 is 1.21 bits per heavy atom. The molecule has 3 rings (SSSR count). The van der Waals surface area contributed by atoms with Crippen molar-refractivity contribution in [3.05, 3.63) is 59.4 Å². The highest BCUT2D eigenvalue weighted by atomic mass is 32.2. The summed E-state index contributed by atoms with van der Waals surface area (Å²) < 4.78 is 24.3. The minimum absolute atomic E-state index is 0.0509. The van der Waals surface area contributed by atoms with Crippen LogP contribution in [0.15, 0.2) is 47.6 Å². The summed E-state index contributed by atoms with van der Waals surface area (Å²) >= 11 is 0. The Kier molecular flexibility index (Phi) is 3.91. The van der Waals surface area contributed by atoms with Crippen LogP contribution in [0, 0.1) is 11.3 Å². The summed E-state index contributed by atoms with van der Waals surface area (Å²) in [6, 6.07) is 11.5. The maximum atomic E-state index is 12.2. The van der Waals surface area contributed by atoms with Gasteiger partial charge in [0.05, 0.1) is 22.2 Å². The molecule has 24 heavy (non-hydrogen) atoms. The number of pyridine rings is 2. The Bertz CT molecular complexity index is 1070. The van der Waals surface area contributed by atoms with Crippen molar-refractivity contribution in [3.8, 4) is 6.07 Å². The van der Waals surface area contributed by atoms with Gasteiger partial charge in [-0.2, -0.15) is 5.26 Å². The topological polar surface area (TPSA) is 110 Å². The minimum Gasteiger partial charge on any atom is -0.383 e. The third-order valence-corrected chi connectivity index (χ3v) is 4.84. The number of nitrogen functional groups attached to an aromatic ring is 1. The molecule has 2 aromatic heterocycles. The monoisotopic (exact) mass is 338 g/mol. The molecule has 0 aliphatic heterocycles. The number of rotatable bonds is 3. The first-order chi connectivity index (χ1) is 11.4. The van der Waals surface area contributed by atoms with Gasteiger partial charge in [0, 0.05) is 17.8 Å². The average molecular weight is 338 g/mol. The smallest absolute Gasteiger partial charge is 0.177 e. The van der Waals surface area contributed by atoms with Crippen LogP contribution >= 0.6 is 0 Å². The molecule has 0 aliphatic carbocycles. The van der Waals surface area contributed by atoms with Crippen LogP contribution in [0.4, 0.5) is 5.82 Å². The Morgan fingerprint density at radius 3 is 2.54 bits per heavy atom. The maximum absolute atomic E-state index is 12.2. The Labute approximate surface area is 139 Å². The van der Waals surface area contributed by atoms with Crippen LogP contribution in [0.1, 0.15) is 16.7 Å². The molecule has 0 amide bonds. The molecule has 0 saturated heterocycles. The van der Waals surface area contributed by atoms with E-state index in [-0.39, 0.29) is 16.3 Å². The summed E-state index contributed by atoms with van der Waals surface area (Å²) in [6.07, 6.45) is 4.22. The van der Waals surface area contributed by atoms with Crippen molar-refractivity contribution in [1.29, 1.82) is 5.26 Å². The zero-order valence-electron chi connectivity index (χ0n) is 12.9. The van der Waals surface area contributed by atoms with E-state index < -0.39 is 9.84 Å². The first kappa shape index (κ1) is 15.9. The van der Waals surface area contributed by atoms with E-state index in [0.29, 0.717) is 22.9 Å². The van der Waals surface area contributed by atoms with Crippen LogP contribution < -0.4 is 5.73 Å². The Morgan fingerprint density at radius 2 is 1.92 bits per heavy atom. The lowest BCUT2D eigenvalue weighted by molar-refractivity contribution is 0.602. The summed E-state index contributed by atoms with van der Waals surface area (Å²) in [5, 5.41) is 9.90. The molecule has 0 spiro atoms. The van der Waals surface area contributed by atoms with Gasteiger partial charge < -0.3 is 5.73 Å². The number of sulfone groups is 1. The second-order valence-corrected chi connectivity index (χ2v) is 7.41. The summed E-state index contributed by atoms with van der Waals surface area (Å²) in [6.45, 7) is 0. The molecule has 6 nitrogen and oxygen atoms in total. The molecule has 1 aromatic carbocycles.